The van der Waals surface area contributed by atoms with Gasteiger partial charge in [-0.25, -0.2) is 0 Å². The van der Waals surface area contributed by atoms with Crippen LogP contribution in [-0.2, 0) is 9.59 Å². The maximum atomic E-state index is 10.1. The van der Waals surface area contributed by atoms with Crippen LogP contribution in [0.15, 0.2) is 0 Å². The predicted molar refractivity (Wildman–Crippen MR) is 35.5 cm³/mol. The largest absolute Gasteiger partial charge is 0.481 e. The van der Waals surface area contributed by atoms with E-state index in [0.717, 1.165) is 0 Å². The average Bonchev–Trinajstić information content (AvgIpc) is 1.81. The van der Waals surface area contributed by atoms with Gasteiger partial charge in [0, 0.05) is 0 Å². The van der Waals surface area contributed by atoms with Crippen LogP contribution in [-0.4, -0.2) is 27.4 Å². The fourth-order valence-corrected chi connectivity index (χ4v) is 0.707. The SMILES string of the molecule is NSC(CC(=O)O)C(=O)O. The van der Waals surface area contributed by atoms with Crippen molar-refractivity contribution in [3.8, 4) is 0 Å². The molecule has 0 bridgehead atoms. The predicted octanol–water partition coefficient (Wildman–Crippen LogP) is -0.479. The van der Waals surface area contributed by atoms with Gasteiger partial charge in [0.2, 0.25) is 0 Å². The molecule has 1 unspecified atom stereocenters. The highest BCUT2D eigenvalue weighted by molar-refractivity contribution is 7.98. The Balaban J connectivity index is 3.83. The summed E-state index contributed by atoms with van der Waals surface area (Å²) >= 11 is 0.526. The van der Waals surface area contributed by atoms with E-state index in [1.807, 2.05) is 0 Å². The maximum Gasteiger partial charge on any atom is 0.318 e. The summed E-state index contributed by atoms with van der Waals surface area (Å²) < 4.78 is 0. The first-order valence-corrected chi connectivity index (χ1v) is 3.32. The van der Waals surface area contributed by atoms with Crippen molar-refractivity contribution in [2.45, 2.75) is 11.7 Å². The Labute approximate surface area is 61.3 Å². The lowest BCUT2D eigenvalue weighted by Gasteiger charge is -2.02. The summed E-state index contributed by atoms with van der Waals surface area (Å²) in [7, 11) is 0. The normalized spacial score (nSPS) is 12.5. The van der Waals surface area contributed by atoms with E-state index in [-0.39, 0.29) is 0 Å². The molecule has 0 aromatic heterocycles. The van der Waals surface area contributed by atoms with Gasteiger partial charge in [-0.05, 0) is 0 Å². The highest BCUT2D eigenvalue weighted by Gasteiger charge is 2.19. The number of hydrogen-bond acceptors (Lipinski definition) is 4. The number of carboxylic acids is 2. The third kappa shape index (κ3) is 3.31. The highest BCUT2D eigenvalue weighted by Crippen LogP contribution is 2.07. The summed E-state index contributed by atoms with van der Waals surface area (Å²) in [5.74, 6) is -2.36. The van der Waals surface area contributed by atoms with Crippen LogP contribution in [0.3, 0.4) is 0 Å². The molecule has 0 heterocycles. The topological polar surface area (TPSA) is 101 Å². The zero-order valence-electron chi connectivity index (χ0n) is 4.98. The third-order valence-corrected chi connectivity index (χ3v) is 1.50. The van der Waals surface area contributed by atoms with Gasteiger partial charge in [0.05, 0.1) is 6.42 Å². The zero-order chi connectivity index (χ0) is 8.15. The maximum absolute atomic E-state index is 10.1. The molecule has 0 aliphatic rings. The van der Waals surface area contributed by atoms with Gasteiger partial charge in [0.1, 0.15) is 5.25 Å². The highest BCUT2D eigenvalue weighted by atomic mass is 32.2. The number of carbonyl (C=O) groups is 2. The zero-order valence-corrected chi connectivity index (χ0v) is 5.80. The lowest BCUT2D eigenvalue weighted by atomic mass is 10.3. The van der Waals surface area contributed by atoms with Gasteiger partial charge in [0.25, 0.3) is 0 Å². The van der Waals surface area contributed by atoms with Gasteiger partial charge in [0.15, 0.2) is 0 Å². The minimum atomic E-state index is -1.20. The summed E-state index contributed by atoms with van der Waals surface area (Å²) in [4.78, 5) is 20.0. The van der Waals surface area contributed by atoms with E-state index in [1.165, 1.54) is 0 Å². The van der Waals surface area contributed by atoms with E-state index in [9.17, 15) is 9.59 Å². The van der Waals surface area contributed by atoms with E-state index in [0.29, 0.717) is 11.9 Å². The molecule has 0 radical (unpaired) electrons. The van der Waals surface area contributed by atoms with E-state index in [4.69, 9.17) is 15.4 Å². The van der Waals surface area contributed by atoms with Gasteiger partial charge in [-0.15, -0.1) is 0 Å². The molecule has 4 N–H and O–H groups in total. The number of nitrogens with two attached hydrogens (primary N) is 1. The monoisotopic (exact) mass is 165 g/mol. The van der Waals surface area contributed by atoms with Crippen molar-refractivity contribution in [2.24, 2.45) is 5.14 Å². The van der Waals surface area contributed by atoms with Crippen LogP contribution in [0.5, 0.6) is 0 Å². The molecule has 0 saturated carbocycles. The fourth-order valence-electron chi connectivity index (χ4n) is 0.352. The first-order chi connectivity index (χ1) is 4.57. The molecule has 0 rings (SSSR count). The second kappa shape index (κ2) is 4.13. The van der Waals surface area contributed by atoms with Crippen LogP contribution in [0.1, 0.15) is 6.42 Å². The number of aliphatic carboxylic acids is 2. The molecule has 0 amide bonds. The summed E-state index contributed by atoms with van der Waals surface area (Å²) in [6.45, 7) is 0. The van der Waals surface area contributed by atoms with Crippen molar-refractivity contribution in [3.05, 3.63) is 0 Å². The van der Waals surface area contributed by atoms with E-state index in [1.54, 1.807) is 0 Å². The molecular formula is C4H7NO4S. The lowest BCUT2D eigenvalue weighted by molar-refractivity contribution is -0.142. The molecule has 0 fully saturated rings. The molecular weight excluding hydrogens is 158 g/mol. The summed E-state index contributed by atoms with van der Waals surface area (Å²) in [5.41, 5.74) is 0. The van der Waals surface area contributed by atoms with E-state index >= 15 is 0 Å². The molecule has 5 nitrogen and oxygen atoms in total. The van der Waals surface area contributed by atoms with E-state index < -0.39 is 23.6 Å². The number of carboxylic acid groups (broad SMARTS) is 2. The van der Waals surface area contributed by atoms with Gasteiger partial charge in [-0.1, -0.05) is 11.9 Å². The van der Waals surface area contributed by atoms with Gasteiger partial charge >= 0.3 is 11.9 Å². The molecule has 58 valence electrons. The Morgan fingerprint density at radius 1 is 1.50 bits per heavy atom. The molecule has 0 aliphatic carbocycles. The lowest BCUT2D eigenvalue weighted by Crippen LogP contribution is -2.21. The van der Waals surface area contributed by atoms with Crippen molar-refractivity contribution in [2.75, 3.05) is 0 Å². The minimum Gasteiger partial charge on any atom is -0.481 e. The second-order valence-electron chi connectivity index (χ2n) is 1.56. The van der Waals surface area contributed by atoms with Crippen LogP contribution in [0.2, 0.25) is 0 Å². The second-order valence-corrected chi connectivity index (χ2v) is 2.40. The van der Waals surface area contributed by atoms with Crippen molar-refractivity contribution in [3.63, 3.8) is 0 Å². The van der Waals surface area contributed by atoms with Crippen molar-refractivity contribution in [1.29, 1.82) is 0 Å². The molecule has 1 atom stereocenters. The summed E-state index contributed by atoms with van der Waals surface area (Å²) in [5, 5.41) is 20.2. The first kappa shape index (κ1) is 9.25. The van der Waals surface area contributed by atoms with Crippen molar-refractivity contribution >= 4 is 23.9 Å². The average molecular weight is 165 g/mol. The van der Waals surface area contributed by atoms with E-state index in [2.05, 4.69) is 0 Å². The Morgan fingerprint density at radius 3 is 2.10 bits per heavy atom. The van der Waals surface area contributed by atoms with Crippen LogP contribution >= 0.6 is 11.9 Å². The summed E-state index contributed by atoms with van der Waals surface area (Å²) in [6, 6.07) is 0. The molecule has 0 spiro atoms. The first-order valence-electron chi connectivity index (χ1n) is 2.38. The van der Waals surface area contributed by atoms with Crippen LogP contribution in [0.25, 0.3) is 0 Å². The molecule has 0 aromatic rings. The third-order valence-electron chi connectivity index (χ3n) is 0.800. The Bertz CT molecular complexity index is 148. The number of rotatable bonds is 4. The van der Waals surface area contributed by atoms with Crippen molar-refractivity contribution in [1.82, 2.24) is 0 Å². The smallest absolute Gasteiger partial charge is 0.318 e. The molecule has 0 saturated heterocycles. The number of hydrogen-bond donors (Lipinski definition) is 3. The minimum absolute atomic E-state index is 0.448. The fraction of sp³-hybridized carbons (Fsp3) is 0.500. The molecule has 0 aromatic carbocycles. The van der Waals surface area contributed by atoms with Crippen LogP contribution in [0, 0.1) is 0 Å². The standard InChI is InChI=1S/C4H7NO4S/c5-10-2(4(8)9)1-3(6)7/h2H,1,5H2,(H,6,7)(H,8,9). The van der Waals surface area contributed by atoms with Crippen LogP contribution < -0.4 is 5.14 Å². The van der Waals surface area contributed by atoms with Crippen LogP contribution in [0.4, 0.5) is 0 Å². The Kier molecular flexibility index (Phi) is 3.82. The Morgan fingerprint density at radius 2 is 2.00 bits per heavy atom. The molecule has 6 heteroatoms. The van der Waals surface area contributed by atoms with Gasteiger partial charge < -0.3 is 10.2 Å². The van der Waals surface area contributed by atoms with Crippen molar-refractivity contribution < 1.29 is 19.8 Å². The Hall–Kier alpha value is -0.750. The molecule has 10 heavy (non-hydrogen) atoms. The van der Waals surface area contributed by atoms with Gasteiger partial charge in [-0.2, -0.15) is 0 Å². The summed E-state index contributed by atoms with van der Waals surface area (Å²) in [6.07, 6.45) is -0.448. The molecule has 0 aliphatic heterocycles. The quantitative estimate of drug-likeness (QED) is 0.486. The van der Waals surface area contributed by atoms with Gasteiger partial charge in [-0.3, -0.25) is 14.7 Å².